The maximum atomic E-state index is 14.0. The van der Waals surface area contributed by atoms with E-state index in [0.717, 1.165) is 40.5 Å². The molecule has 0 aliphatic carbocycles. The number of hydrogen-bond donors (Lipinski definition) is 1. The van der Waals surface area contributed by atoms with E-state index in [9.17, 15) is 13.6 Å². The number of likely N-dealkylation sites (tertiary alicyclic amines) is 1. The van der Waals surface area contributed by atoms with Crippen LogP contribution in [0.4, 0.5) is 14.5 Å². The zero-order chi connectivity index (χ0) is 25.9. The Balaban J connectivity index is 1.22. The third kappa shape index (κ3) is 5.86. The van der Waals surface area contributed by atoms with E-state index in [-0.39, 0.29) is 12.3 Å². The van der Waals surface area contributed by atoms with E-state index in [1.807, 2.05) is 18.2 Å². The predicted molar refractivity (Wildman–Crippen MR) is 144 cm³/mol. The van der Waals surface area contributed by atoms with Gasteiger partial charge >= 0.3 is 0 Å². The van der Waals surface area contributed by atoms with Crippen molar-refractivity contribution in [3.05, 3.63) is 95.7 Å². The summed E-state index contributed by atoms with van der Waals surface area (Å²) in [5.74, 6) is -1.36. The normalized spacial score (nSPS) is 18.2. The SMILES string of the molecule is C[C@@H]1CCC[C@H](C)N1Cc1ccc2cc(NC(=O)Cc3ccc(-c4ccc(F)cc4F)cc3)ccc2n1. The highest BCUT2D eigenvalue weighted by Crippen LogP contribution is 2.26. The van der Waals surface area contributed by atoms with Crippen LogP contribution in [0, 0.1) is 11.6 Å². The van der Waals surface area contributed by atoms with Crippen molar-refractivity contribution < 1.29 is 13.6 Å². The monoisotopic (exact) mass is 499 g/mol. The van der Waals surface area contributed by atoms with Gasteiger partial charge in [0.2, 0.25) is 5.91 Å². The number of anilines is 1. The number of carbonyl (C=O) groups excluding carboxylic acids is 1. The lowest BCUT2D eigenvalue weighted by Gasteiger charge is -2.38. The van der Waals surface area contributed by atoms with Gasteiger partial charge in [-0.1, -0.05) is 36.8 Å². The maximum Gasteiger partial charge on any atom is 0.228 e. The third-order valence-electron chi connectivity index (χ3n) is 7.31. The molecule has 6 heteroatoms. The van der Waals surface area contributed by atoms with Crippen LogP contribution < -0.4 is 5.32 Å². The highest BCUT2D eigenvalue weighted by molar-refractivity contribution is 5.94. The molecule has 1 aliphatic heterocycles. The first kappa shape index (κ1) is 25.0. The first-order valence-electron chi connectivity index (χ1n) is 12.9. The molecule has 37 heavy (non-hydrogen) atoms. The smallest absolute Gasteiger partial charge is 0.228 e. The van der Waals surface area contributed by atoms with Crippen LogP contribution in [-0.2, 0) is 17.8 Å². The van der Waals surface area contributed by atoms with Gasteiger partial charge in [-0.2, -0.15) is 0 Å². The van der Waals surface area contributed by atoms with E-state index in [1.165, 1.54) is 31.4 Å². The molecule has 1 saturated heterocycles. The Morgan fingerprint density at radius 1 is 0.946 bits per heavy atom. The summed E-state index contributed by atoms with van der Waals surface area (Å²) in [7, 11) is 0. The molecule has 190 valence electrons. The van der Waals surface area contributed by atoms with Gasteiger partial charge in [0.15, 0.2) is 0 Å². The molecule has 5 rings (SSSR count). The maximum absolute atomic E-state index is 14.0. The molecule has 0 bridgehead atoms. The minimum Gasteiger partial charge on any atom is -0.326 e. The highest BCUT2D eigenvalue weighted by atomic mass is 19.1. The van der Waals surface area contributed by atoms with Gasteiger partial charge in [-0.25, -0.2) is 8.78 Å². The number of amides is 1. The van der Waals surface area contributed by atoms with Crippen molar-refractivity contribution >= 4 is 22.5 Å². The van der Waals surface area contributed by atoms with E-state index in [4.69, 9.17) is 4.98 Å². The van der Waals surface area contributed by atoms with Crippen LogP contribution in [0.2, 0.25) is 0 Å². The standard InChI is InChI=1S/C31H31F2N3O/c1-20-4-3-5-21(2)36(20)19-27-12-10-24-17-26(13-15-30(24)34-27)35-31(37)16-22-6-8-23(9-7-22)28-14-11-25(32)18-29(28)33/h6-15,17-18,20-21H,3-5,16,19H2,1-2H3,(H,35,37)/t20-,21+. The Bertz CT molecular complexity index is 1410. The summed E-state index contributed by atoms with van der Waals surface area (Å²) >= 11 is 0. The minimum absolute atomic E-state index is 0.141. The number of hydrogen-bond acceptors (Lipinski definition) is 3. The van der Waals surface area contributed by atoms with Gasteiger partial charge in [-0.15, -0.1) is 0 Å². The van der Waals surface area contributed by atoms with Gasteiger partial charge in [0.05, 0.1) is 17.6 Å². The fourth-order valence-corrected chi connectivity index (χ4v) is 5.22. The number of halogens is 2. The van der Waals surface area contributed by atoms with Crippen molar-refractivity contribution in [1.82, 2.24) is 9.88 Å². The topological polar surface area (TPSA) is 45.2 Å². The van der Waals surface area contributed by atoms with Crippen LogP contribution >= 0.6 is 0 Å². The van der Waals surface area contributed by atoms with Gasteiger partial charge in [-0.05, 0) is 74.2 Å². The summed E-state index contributed by atoms with van der Waals surface area (Å²) in [6.45, 7) is 5.44. The molecule has 1 amide bonds. The Kier molecular flexibility index (Phi) is 7.28. The van der Waals surface area contributed by atoms with E-state index in [2.05, 4.69) is 36.2 Å². The lowest BCUT2D eigenvalue weighted by Crippen LogP contribution is -2.43. The molecule has 0 radical (unpaired) electrons. The molecule has 1 N–H and O–H groups in total. The second-order valence-corrected chi connectivity index (χ2v) is 10.1. The van der Waals surface area contributed by atoms with Crippen LogP contribution in [0.15, 0.2) is 72.8 Å². The lowest BCUT2D eigenvalue weighted by atomic mass is 9.97. The quantitative estimate of drug-likeness (QED) is 0.307. The molecule has 3 aromatic carbocycles. The van der Waals surface area contributed by atoms with E-state index in [1.54, 1.807) is 24.3 Å². The second-order valence-electron chi connectivity index (χ2n) is 10.1. The summed E-state index contributed by atoms with van der Waals surface area (Å²) in [4.78, 5) is 20.1. The largest absolute Gasteiger partial charge is 0.326 e. The van der Waals surface area contributed by atoms with Crippen molar-refractivity contribution in [3.8, 4) is 11.1 Å². The summed E-state index contributed by atoms with van der Waals surface area (Å²) < 4.78 is 27.2. The van der Waals surface area contributed by atoms with Crippen LogP contribution in [0.1, 0.15) is 44.4 Å². The Morgan fingerprint density at radius 3 is 2.43 bits per heavy atom. The van der Waals surface area contributed by atoms with Gasteiger partial charge in [-0.3, -0.25) is 14.7 Å². The molecule has 0 unspecified atom stereocenters. The van der Waals surface area contributed by atoms with Crippen molar-refractivity contribution in [3.63, 3.8) is 0 Å². The summed E-state index contributed by atoms with van der Waals surface area (Å²) in [5.41, 5.74) is 4.45. The zero-order valence-corrected chi connectivity index (χ0v) is 21.2. The number of nitrogens with one attached hydrogen (secondary N) is 1. The van der Waals surface area contributed by atoms with Gasteiger partial charge in [0.25, 0.3) is 0 Å². The first-order chi connectivity index (χ1) is 17.9. The van der Waals surface area contributed by atoms with Crippen molar-refractivity contribution in [1.29, 1.82) is 0 Å². The average molecular weight is 500 g/mol. The molecular weight excluding hydrogens is 468 g/mol. The fourth-order valence-electron chi connectivity index (χ4n) is 5.22. The fraction of sp³-hybridized carbons (Fsp3) is 0.290. The van der Waals surface area contributed by atoms with Crippen LogP contribution in [0.3, 0.4) is 0 Å². The van der Waals surface area contributed by atoms with Crippen molar-refractivity contribution in [2.45, 2.75) is 58.2 Å². The number of rotatable bonds is 6. The first-order valence-corrected chi connectivity index (χ1v) is 12.9. The number of pyridine rings is 1. The van der Waals surface area contributed by atoms with E-state index >= 15 is 0 Å². The molecule has 1 aromatic heterocycles. The number of nitrogens with zero attached hydrogens (tertiary/aromatic N) is 2. The van der Waals surface area contributed by atoms with Gasteiger partial charge in [0.1, 0.15) is 11.6 Å². The van der Waals surface area contributed by atoms with Crippen molar-refractivity contribution in [2.75, 3.05) is 5.32 Å². The third-order valence-corrected chi connectivity index (χ3v) is 7.31. The number of piperidine rings is 1. The molecule has 1 aliphatic rings. The van der Waals surface area contributed by atoms with Crippen LogP contribution in [-0.4, -0.2) is 27.9 Å². The van der Waals surface area contributed by atoms with Crippen LogP contribution in [0.25, 0.3) is 22.0 Å². The predicted octanol–water partition coefficient (Wildman–Crippen LogP) is 7.12. The lowest BCUT2D eigenvalue weighted by molar-refractivity contribution is -0.115. The average Bonchev–Trinajstić information content (AvgIpc) is 2.87. The summed E-state index contributed by atoms with van der Waals surface area (Å²) in [6, 6.07) is 21.6. The Labute approximate surface area is 216 Å². The number of aromatic nitrogens is 1. The minimum atomic E-state index is -0.612. The van der Waals surface area contributed by atoms with Gasteiger partial charge in [0, 0.05) is 41.3 Å². The Hall–Kier alpha value is -3.64. The van der Waals surface area contributed by atoms with Gasteiger partial charge < -0.3 is 5.32 Å². The molecule has 2 heterocycles. The molecular formula is C31H31F2N3O. The number of benzene rings is 3. The molecule has 2 atom stereocenters. The summed E-state index contributed by atoms with van der Waals surface area (Å²) in [5, 5.41) is 3.94. The molecule has 0 saturated carbocycles. The molecule has 4 nitrogen and oxygen atoms in total. The molecule has 1 fully saturated rings. The summed E-state index contributed by atoms with van der Waals surface area (Å²) in [6.07, 6.45) is 3.95. The van der Waals surface area contributed by atoms with E-state index < -0.39 is 11.6 Å². The number of fused-ring (bicyclic) bond motifs is 1. The number of carbonyl (C=O) groups is 1. The highest BCUT2D eigenvalue weighted by Gasteiger charge is 2.24. The zero-order valence-electron chi connectivity index (χ0n) is 21.2. The molecule has 0 spiro atoms. The molecule has 4 aromatic rings. The van der Waals surface area contributed by atoms with E-state index in [0.29, 0.717) is 23.2 Å². The second kappa shape index (κ2) is 10.8. The Morgan fingerprint density at radius 2 is 1.70 bits per heavy atom. The van der Waals surface area contributed by atoms with Crippen LogP contribution in [0.5, 0.6) is 0 Å². The van der Waals surface area contributed by atoms with Crippen molar-refractivity contribution in [2.24, 2.45) is 0 Å².